The summed E-state index contributed by atoms with van der Waals surface area (Å²) in [7, 11) is 0. The maximum Gasteiger partial charge on any atom is 0.339 e. The summed E-state index contributed by atoms with van der Waals surface area (Å²) in [5.41, 5.74) is -0.0910. The SMILES string of the molecule is CCC=CCC=CCC=CCC=CCC=CCC=CCCC(=O)Oc1cc(Cl)ccc1C(=O)O. The van der Waals surface area contributed by atoms with Crippen LogP contribution in [0.3, 0.4) is 0 Å². The first-order valence-electron chi connectivity index (χ1n) is 11.7. The summed E-state index contributed by atoms with van der Waals surface area (Å²) in [5.74, 6) is -1.70. The summed E-state index contributed by atoms with van der Waals surface area (Å²) in [5, 5.41) is 9.46. The monoisotopic (exact) mass is 482 g/mol. The Morgan fingerprint density at radius 2 is 1.26 bits per heavy atom. The Bertz CT molecular complexity index is 920. The van der Waals surface area contributed by atoms with E-state index in [9.17, 15) is 9.59 Å². The Balaban J connectivity index is 2.14. The predicted octanol–water partition coefficient (Wildman–Crippen LogP) is 8.42. The molecule has 0 saturated heterocycles. The Hall–Kier alpha value is -3.11. The van der Waals surface area contributed by atoms with Gasteiger partial charge in [-0.25, -0.2) is 4.79 Å². The second kappa shape index (κ2) is 19.4. The minimum Gasteiger partial charge on any atom is -0.478 e. The maximum atomic E-state index is 12.0. The third kappa shape index (κ3) is 14.9. The van der Waals surface area contributed by atoms with E-state index in [1.54, 1.807) is 0 Å². The van der Waals surface area contributed by atoms with Crippen LogP contribution in [0.1, 0.15) is 68.6 Å². The lowest BCUT2D eigenvalue weighted by atomic mass is 10.2. The zero-order chi connectivity index (χ0) is 24.9. The zero-order valence-corrected chi connectivity index (χ0v) is 20.6. The van der Waals surface area contributed by atoms with Gasteiger partial charge in [0.1, 0.15) is 11.3 Å². The molecular weight excluding hydrogens is 448 g/mol. The molecule has 0 unspecified atom stereocenters. The number of benzene rings is 1. The van der Waals surface area contributed by atoms with Crippen LogP contribution in [0.15, 0.2) is 91.1 Å². The number of carboxylic acids is 1. The smallest absolute Gasteiger partial charge is 0.339 e. The molecule has 0 atom stereocenters. The standard InChI is InChI=1S/C29H35ClO4/c1-2-3-4-5-6-7-8-9-10-11-12-13-14-15-16-17-18-19-20-21-28(31)34-27-24-25(30)22-23-26(27)29(32)33/h3-4,6-7,9-10,12-13,15-16,18-19,22-24H,2,5,8,11,14,17,20-21H2,1H3,(H,32,33). The van der Waals surface area contributed by atoms with Gasteiger partial charge >= 0.3 is 11.9 Å². The second-order valence-electron chi connectivity index (χ2n) is 7.37. The van der Waals surface area contributed by atoms with Crippen molar-refractivity contribution >= 4 is 23.5 Å². The summed E-state index contributed by atoms with van der Waals surface area (Å²) < 4.78 is 5.15. The number of halogens is 1. The number of allylic oxidation sites excluding steroid dienone is 12. The van der Waals surface area contributed by atoms with Crippen molar-refractivity contribution in [3.63, 3.8) is 0 Å². The quantitative estimate of drug-likeness (QED) is 0.146. The lowest BCUT2D eigenvalue weighted by Gasteiger charge is -2.07. The molecule has 34 heavy (non-hydrogen) atoms. The third-order valence-corrected chi connectivity index (χ3v) is 4.74. The average Bonchev–Trinajstić information content (AvgIpc) is 2.80. The molecular formula is C29H35ClO4. The van der Waals surface area contributed by atoms with E-state index in [2.05, 4.69) is 67.7 Å². The van der Waals surface area contributed by atoms with Crippen LogP contribution in [-0.4, -0.2) is 17.0 Å². The van der Waals surface area contributed by atoms with Gasteiger partial charge < -0.3 is 9.84 Å². The zero-order valence-electron chi connectivity index (χ0n) is 19.9. The van der Waals surface area contributed by atoms with Crippen LogP contribution in [0.2, 0.25) is 5.02 Å². The lowest BCUT2D eigenvalue weighted by Crippen LogP contribution is -2.10. The third-order valence-electron chi connectivity index (χ3n) is 4.51. The number of ether oxygens (including phenoxy) is 1. The first-order valence-corrected chi connectivity index (χ1v) is 12.1. The second-order valence-corrected chi connectivity index (χ2v) is 7.81. The number of carbonyl (C=O) groups excluding carboxylic acids is 1. The first-order chi connectivity index (χ1) is 16.5. The maximum absolute atomic E-state index is 12.0. The first kappa shape index (κ1) is 28.9. The molecule has 1 N–H and O–H groups in total. The van der Waals surface area contributed by atoms with Gasteiger partial charge in [0.25, 0.3) is 0 Å². The Morgan fingerprint density at radius 3 is 1.74 bits per heavy atom. The largest absolute Gasteiger partial charge is 0.478 e. The number of aromatic carboxylic acids is 1. The molecule has 0 saturated carbocycles. The van der Waals surface area contributed by atoms with E-state index in [1.807, 2.05) is 12.2 Å². The number of esters is 1. The molecule has 0 bridgehead atoms. The molecule has 0 aliphatic rings. The van der Waals surface area contributed by atoms with E-state index in [4.69, 9.17) is 21.4 Å². The highest BCUT2D eigenvalue weighted by Gasteiger charge is 2.14. The number of hydrogen-bond acceptors (Lipinski definition) is 3. The molecule has 0 spiro atoms. The molecule has 5 heteroatoms. The van der Waals surface area contributed by atoms with Gasteiger partial charge in [0.2, 0.25) is 0 Å². The highest BCUT2D eigenvalue weighted by atomic mass is 35.5. The van der Waals surface area contributed by atoms with Crippen LogP contribution in [0.5, 0.6) is 5.75 Å². The minimum atomic E-state index is -1.17. The summed E-state index contributed by atoms with van der Waals surface area (Å²) in [6.07, 6.45) is 31.9. The van der Waals surface area contributed by atoms with Gasteiger partial charge in [-0.1, -0.05) is 91.4 Å². The summed E-state index contributed by atoms with van der Waals surface area (Å²) in [6.45, 7) is 2.14. The molecule has 1 rings (SSSR count). The fraction of sp³-hybridized carbons (Fsp3) is 0.310. The number of hydrogen-bond donors (Lipinski definition) is 1. The van der Waals surface area contributed by atoms with Crippen LogP contribution in [0, 0.1) is 0 Å². The van der Waals surface area contributed by atoms with Crippen molar-refractivity contribution in [2.45, 2.75) is 58.3 Å². The molecule has 182 valence electrons. The number of carbonyl (C=O) groups is 2. The van der Waals surface area contributed by atoms with Crippen molar-refractivity contribution in [1.82, 2.24) is 0 Å². The molecule has 0 radical (unpaired) electrons. The van der Waals surface area contributed by atoms with E-state index < -0.39 is 11.9 Å². The molecule has 0 fully saturated rings. The Morgan fingerprint density at radius 1 is 0.794 bits per heavy atom. The fourth-order valence-electron chi connectivity index (χ4n) is 2.77. The molecule has 4 nitrogen and oxygen atoms in total. The fourth-order valence-corrected chi connectivity index (χ4v) is 2.93. The summed E-state index contributed by atoms with van der Waals surface area (Å²) in [4.78, 5) is 23.2. The van der Waals surface area contributed by atoms with Crippen molar-refractivity contribution in [1.29, 1.82) is 0 Å². The van der Waals surface area contributed by atoms with Crippen molar-refractivity contribution in [3.8, 4) is 5.75 Å². The van der Waals surface area contributed by atoms with Gasteiger partial charge in [-0.15, -0.1) is 0 Å². The van der Waals surface area contributed by atoms with Crippen LogP contribution in [0.4, 0.5) is 0 Å². The molecule has 0 aliphatic carbocycles. The van der Waals surface area contributed by atoms with E-state index >= 15 is 0 Å². The minimum absolute atomic E-state index is 0.0345. The van der Waals surface area contributed by atoms with E-state index in [1.165, 1.54) is 18.2 Å². The average molecular weight is 483 g/mol. The lowest BCUT2D eigenvalue weighted by molar-refractivity contribution is -0.134. The van der Waals surface area contributed by atoms with Crippen LogP contribution in [0.25, 0.3) is 0 Å². The summed E-state index contributed by atoms with van der Waals surface area (Å²) in [6, 6.07) is 4.10. The molecule has 0 amide bonds. The van der Waals surface area contributed by atoms with Crippen molar-refractivity contribution in [2.24, 2.45) is 0 Å². The number of carboxylic acid groups (broad SMARTS) is 1. The highest BCUT2D eigenvalue weighted by molar-refractivity contribution is 6.30. The van der Waals surface area contributed by atoms with Crippen LogP contribution >= 0.6 is 11.6 Å². The predicted molar refractivity (Wildman–Crippen MR) is 141 cm³/mol. The van der Waals surface area contributed by atoms with Crippen molar-refractivity contribution in [3.05, 3.63) is 102 Å². The molecule has 0 heterocycles. The molecule has 0 aromatic heterocycles. The Labute approximate surface area is 208 Å². The van der Waals surface area contributed by atoms with Gasteiger partial charge in [-0.05, 0) is 57.1 Å². The van der Waals surface area contributed by atoms with Gasteiger partial charge in [0.15, 0.2) is 0 Å². The van der Waals surface area contributed by atoms with E-state index in [0.29, 0.717) is 11.4 Å². The van der Waals surface area contributed by atoms with Gasteiger partial charge in [0.05, 0.1) is 0 Å². The summed E-state index contributed by atoms with van der Waals surface area (Å²) >= 11 is 5.85. The van der Waals surface area contributed by atoms with Crippen molar-refractivity contribution < 1.29 is 19.4 Å². The topological polar surface area (TPSA) is 63.6 Å². The molecule has 0 aliphatic heterocycles. The van der Waals surface area contributed by atoms with Crippen molar-refractivity contribution in [2.75, 3.05) is 0 Å². The number of rotatable bonds is 16. The molecule has 1 aromatic rings. The normalized spacial score (nSPS) is 12.4. The van der Waals surface area contributed by atoms with E-state index in [-0.39, 0.29) is 17.7 Å². The highest BCUT2D eigenvalue weighted by Crippen LogP contribution is 2.24. The van der Waals surface area contributed by atoms with E-state index in [0.717, 1.165) is 38.5 Å². The van der Waals surface area contributed by atoms with Crippen LogP contribution < -0.4 is 4.74 Å². The van der Waals surface area contributed by atoms with Gasteiger partial charge in [0, 0.05) is 17.5 Å². The van der Waals surface area contributed by atoms with Gasteiger partial charge in [-0.3, -0.25) is 4.79 Å². The van der Waals surface area contributed by atoms with Gasteiger partial charge in [-0.2, -0.15) is 0 Å². The Kier molecular flexibility index (Phi) is 16.5. The van der Waals surface area contributed by atoms with Crippen LogP contribution in [-0.2, 0) is 4.79 Å². The molecule has 1 aromatic carbocycles.